The van der Waals surface area contributed by atoms with E-state index in [0.29, 0.717) is 23.7 Å². The second-order valence-electron chi connectivity index (χ2n) is 4.21. The summed E-state index contributed by atoms with van der Waals surface area (Å²) in [5.41, 5.74) is 8.56. The molecule has 18 heavy (non-hydrogen) atoms. The van der Waals surface area contributed by atoms with Gasteiger partial charge in [-0.25, -0.2) is 4.98 Å². The Labute approximate surface area is 114 Å². The SMILES string of the molecule is CC(CN)CC(=O)Nc1c(Cl)ccc2scnc12. The summed E-state index contributed by atoms with van der Waals surface area (Å²) in [7, 11) is 0. The number of aromatic nitrogens is 1. The Morgan fingerprint density at radius 3 is 3.11 bits per heavy atom. The fourth-order valence-electron chi connectivity index (χ4n) is 1.62. The molecule has 0 aliphatic rings. The van der Waals surface area contributed by atoms with Crippen LogP contribution < -0.4 is 11.1 Å². The predicted molar refractivity (Wildman–Crippen MR) is 76.1 cm³/mol. The highest BCUT2D eigenvalue weighted by atomic mass is 35.5. The van der Waals surface area contributed by atoms with Crippen molar-refractivity contribution in [2.45, 2.75) is 13.3 Å². The molecule has 0 saturated heterocycles. The largest absolute Gasteiger partial charge is 0.330 e. The Kier molecular flexibility index (Phi) is 4.16. The van der Waals surface area contributed by atoms with Gasteiger partial charge in [0.25, 0.3) is 0 Å². The molecule has 2 rings (SSSR count). The summed E-state index contributed by atoms with van der Waals surface area (Å²) < 4.78 is 1.00. The van der Waals surface area contributed by atoms with Crippen molar-refractivity contribution in [1.29, 1.82) is 0 Å². The number of anilines is 1. The Morgan fingerprint density at radius 2 is 2.39 bits per heavy atom. The first kappa shape index (κ1) is 13.3. The lowest BCUT2D eigenvalue weighted by atomic mass is 10.1. The van der Waals surface area contributed by atoms with Gasteiger partial charge in [-0.2, -0.15) is 0 Å². The second-order valence-corrected chi connectivity index (χ2v) is 5.51. The zero-order valence-corrected chi connectivity index (χ0v) is 11.5. The van der Waals surface area contributed by atoms with E-state index in [1.807, 2.05) is 13.0 Å². The van der Waals surface area contributed by atoms with Crippen molar-refractivity contribution in [3.8, 4) is 0 Å². The quantitative estimate of drug-likeness (QED) is 0.906. The fraction of sp³-hybridized carbons (Fsp3) is 0.333. The number of fused-ring (bicyclic) bond motifs is 1. The van der Waals surface area contributed by atoms with Crippen molar-refractivity contribution in [3.05, 3.63) is 22.7 Å². The molecule has 4 nitrogen and oxygen atoms in total. The molecule has 96 valence electrons. The third-order valence-electron chi connectivity index (χ3n) is 2.65. The summed E-state index contributed by atoms with van der Waals surface area (Å²) in [6.45, 7) is 2.42. The second kappa shape index (κ2) is 5.65. The number of carbonyl (C=O) groups is 1. The number of thiazole rings is 1. The molecule has 0 fully saturated rings. The van der Waals surface area contributed by atoms with Gasteiger partial charge in [0.1, 0.15) is 5.52 Å². The van der Waals surface area contributed by atoms with Crippen LogP contribution in [0.25, 0.3) is 10.2 Å². The van der Waals surface area contributed by atoms with Crippen LogP contribution in [0.4, 0.5) is 5.69 Å². The van der Waals surface area contributed by atoms with E-state index in [4.69, 9.17) is 17.3 Å². The molecule has 1 aromatic heterocycles. The van der Waals surface area contributed by atoms with Crippen molar-refractivity contribution in [2.24, 2.45) is 11.7 Å². The Morgan fingerprint density at radius 1 is 1.61 bits per heavy atom. The first-order chi connectivity index (χ1) is 8.61. The molecule has 1 aromatic carbocycles. The van der Waals surface area contributed by atoms with Gasteiger partial charge < -0.3 is 11.1 Å². The van der Waals surface area contributed by atoms with Crippen molar-refractivity contribution in [3.63, 3.8) is 0 Å². The molecule has 1 amide bonds. The van der Waals surface area contributed by atoms with Crippen LogP contribution in [0.15, 0.2) is 17.6 Å². The minimum absolute atomic E-state index is 0.0876. The zero-order chi connectivity index (χ0) is 13.1. The number of benzene rings is 1. The molecule has 0 saturated carbocycles. The summed E-state index contributed by atoms with van der Waals surface area (Å²) >= 11 is 7.61. The maximum absolute atomic E-state index is 11.8. The molecule has 1 unspecified atom stereocenters. The number of hydrogen-bond donors (Lipinski definition) is 2. The summed E-state index contributed by atoms with van der Waals surface area (Å²) in [6.07, 6.45) is 0.382. The maximum Gasteiger partial charge on any atom is 0.224 e. The van der Waals surface area contributed by atoms with Gasteiger partial charge in [-0.15, -0.1) is 11.3 Å². The van der Waals surface area contributed by atoms with Crippen LogP contribution in [0, 0.1) is 5.92 Å². The zero-order valence-electron chi connectivity index (χ0n) is 9.94. The highest BCUT2D eigenvalue weighted by molar-refractivity contribution is 7.16. The Hall–Kier alpha value is -1.17. The molecule has 0 aliphatic carbocycles. The number of nitrogens with one attached hydrogen (secondary N) is 1. The normalized spacial score (nSPS) is 12.6. The molecule has 3 N–H and O–H groups in total. The van der Waals surface area contributed by atoms with Crippen LogP contribution in [-0.2, 0) is 4.79 Å². The predicted octanol–water partition coefficient (Wildman–Crippen LogP) is 2.87. The summed E-state index contributed by atoms with van der Waals surface area (Å²) in [4.78, 5) is 16.1. The van der Waals surface area contributed by atoms with Gasteiger partial charge in [0.2, 0.25) is 5.91 Å². The number of carbonyl (C=O) groups excluding carboxylic acids is 1. The van der Waals surface area contributed by atoms with Gasteiger partial charge in [0, 0.05) is 6.42 Å². The lowest BCUT2D eigenvalue weighted by molar-refractivity contribution is -0.116. The molecule has 6 heteroatoms. The van der Waals surface area contributed by atoms with Crippen molar-refractivity contribution in [1.82, 2.24) is 4.98 Å². The average molecular weight is 284 g/mol. The lowest BCUT2D eigenvalue weighted by Crippen LogP contribution is -2.20. The first-order valence-corrected chi connectivity index (χ1v) is 6.89. The number of amides is 1. The highest BCUT2D eigenvalue weighted by Gasteiger charge is 2.13. The van der Waals surface area contributed by atoms with Gasteiger partial charge in [-0.05, 0) is 24.6 Å². The van der Waals surface area contributed by atoms with Gasteiger partial charge >= 0.3 is 0 Å². The standard InChI is InChI=1S/C12H14ClN3OS/c1-7(5-14)4-10(17)16-11-8(13)2-3-9-12(11)15-6-18-9/h2-3,6-7H,4-5,14H2,1H3,(H,16,17). The van der Waals surface area contributed by atoms with E-state index >= 15 is 0 Å². The van der Waals surface area contributed by atoms with Crippen LogP contribution >= 0.6 is 22.9 Å². The molecule has 0 aliphatic heterocycles. The molecular weight excluding hydrogens is 270 g/mol. The van der Waals surface area contributed by atoms with E-state index in [9.17, 15) is 4.79 Å². The summed E-state index contributed by atoms with van der Waals surface area (Å²) in [5, 5.41) is 3.32. The Bertz CT molecular complexity index is 569. The topological polar surface area (TPSA) is 68.0 Å². The number of rotatable bonds is 4. The summed E-state index contributed by atoms with van der Waals surface area (Å²) in [5.74, 6) is 0.0637. The smallest absolute Gasteiger partial charge is 0.224 e. The van der Waals surface area contributed by atoms with Gasteiger partial charge in [0.05, 0.1) is 20.9 Å². The van der Waals surface area contributed by atoms with Crippen LogP contribution in [0.2, 0.25) is 5.02 Å². The first-order valence-electron chi connectivity index (χ1n) is 5.63. The monoisotopic (exact) mass is 283 g/mol. The molecule has 0 radical (unpaired) electrons. The molecule has 2 aromatic rings. The number of nitrogens with two attached hydrogens (primary N) is 1. The highest BCUT2D eigenvalue weighted by Crippen LogP contribution is 2.32. The van der Waals surface area contributed by atoms with E-state index in [2.05, 4.69) is 10.3 Å². The van der Waals surface area contributed by atoms with E-state index in [0.717, 1.165) is 10.2 Å². The van der Waals surface area contributed by atoms with E-state index in [-0.39, 0.29) is 11.8 Å². The van der Waals surface area contributed by atoms with E-state index < -0.39 is 0 Å². The molecular formula is C12H14ClN3OS. The number of hydrogen-bond acceptors (Lipinski definition) is 4. The van der Waals surface area contributed by atoms with Crippen molar-refractivity contribution >= 4 is 44.7 Å². The van der Waals surface area contributed by atoms with Crippen LogP contribution in [0.3, 0.4) is 0 Å². The minimum atomic E-state index is -0.0876. The van der Waals surface area contributed by atoms with E-state index in [1.54, 1.807) is 11.6 Å². The third-order valence-corrected chi connectivity index (χ3v) is 3.76. The van der Waals surface area contributed by atoms with Gasteiger partial charge in [-0.1, -0.05) is 18.5 Å². The lowest BCUT2D eigenvalue weighted by Gasteiger charge is -2.10. The third kappa shape index (κ3) is 2.80. The average Bonchev–Trinajstić information content (AvgIpc) is 2.81. The Balaban J connectivity index is 2.23. The van der Waals surface area contributed by atoms with E-state index in [1.165, 1.54) is 11.3 Å². The molecule has 1 atom stereocenters. The molecule has 0 spiro atoms. The van der Waals surface area contributed by atoms with Crippen LogP contribution in [0.1, 0.15) is 13.3 Å². The maximum atomic E-state index is 11.8. The number of halogens is 1. The number of nitrogens with zero attached hydrogens (tertiary/aromatic N) is 1. The van der Waals surface area contributed by atoms with Crippen molar-refractivity contribution < 1.29 is 4.79 Å². The minimum Gasteiger partial charge on any atom is -0.330 e. The molecule has 1 heterocycles. The molecule has 0 bridgehead atoms. The van der Waals surface area contributed by atoms with Crippen molar-refractivity contribution in [2.75, 3.05) is 11.9 Å². The van der Waals surface area contributed by atoms with Crippen LogP contribution in [-0.4, -0.2) is 17.4 Å². The van der Waals surface area contributed by atoms with Crippen LogP contribution in [0.5, 0.6) is 0 Å². The fourth-order valence-corrected chi connectivity index (χ4v) is 2.50. The van der Waals surface area contributed by atoms with Gasteiger partial charge in [0.15, 0.2) is 0 Å². The summed E-state index contributed by atoms with van der Waals surface area (Å²) in [6, 6.07) is 3.66. The van der Waals surface area contributed by atoms with Gasteiger partial charge in [-0.3, -0.25) is 4.79 Å².